The van der Waals surface area contributed by atoms with Crippen LogP contribution in [0.5, 0.6) is 0 Å². The molecule has 1 N–H and O–H groups in total. The molecular formula is C17H16ClN3O2. The molecule has 5 nitrogen and oxygen atoms in total. The van der Waals surface area contributed by atoms with Crippen molar-refractivity contribution in [1.82, 2.24) is 4.98 Å². The van der Waals surface area contributed by atoms with E-state index >= 15 is 0 Å². The zero-order chi connectivity index (χ0) is 16.4. The fraction of sp³-hybridized carbons (Fsp3) is 0.235. The number of amides is 2. The van der Waals surface area contributed by atoms with Gasteiger partial charge in [-0.25, -0.2) is 4.98 Å². The SMILES string of the molecule is Cc1ccc(N2C[C@@H](C(=O)Nc3ccc(Cl)cn3)CC2=O)cc1. The van der Waals surface area contributed by atoms with Gasteiger partial charge in [0.05, 0.1) is 10.9 Å². The summed E-state index contributed by atoms with van der Waals surface area (Å²) < 4.78 is 0. The zero-order valence-corrected chi connectivity index (χ0v) is 13.4. The van der Waals surface area contributed by atoms with Crippen molar-refractivity contribution >= 4 is 34.9 Å². The van der Waals surface area contributed by atoms with Crippen LogP contribution >= 0.6 is 11.6 Å². The maximum absolute atomic E-state index is 12.3. The number of carbonyl (C=O) groups excluding carboxylic acids is 2. The molecule has 1 saturated heterocycles. The van der Waals surface area contributed by atoms with E-state index in [9.17, 15) is 9.59 Å². The highest BCUT2D eigenvalue weighted by molar-refractivity contribution is 6.30. The van der Waals surface area contributed by atoms with Crippen LogP contribution in [0.2, 0.25) is 5.02 Å². The Labute approximate surface area is 139 Å². The van der Waals surface area contributed by atoms with E-state index in [0.29, 0.717) is 17.4 Å². The van der Waals surface area contributed by atoms with E-state index in [4.69, 9.17) is 11.6 Å². The van der Waals surface area contributed by atoms with Crippen molar-refractivity contribution in [2.24, 2.45) is 5.92 Å². The van der Waals surface area contributed by atoms with Crippen molar-refractivity contribution in [3.63, 3.8) is 0 Å². The number of carbonyl (C=O) groups is 2. The number of nitrogens with one attached hydrogen (secondary N) is 1. The van der Waals surface area contributed by atoms with E-state index in [1.807, 2.05) is 31.2 Å². The highest BCUT2D eigenvalue weighted by atomic mass is 35.5. The van der Waals surface area contributed by atoms with Gasteiger partial charge in [-0.2, -0.15) is 0 Å². The predicted octanol–water partition coefficient (Wildman–Crippen LogP) is 3.04. The van der Waals surface area contributed by atoms with Gasteiger partial charge in [0.15, 0.2) is 0 Å². The Morgan fingerprint density at radius 2 is 2.00 bits per heavy atom. The van der Waals surface area contributed by atoms with Gasteiger partial charge in [-0.05, 0) is 31.2 Å². The minimum atomic E-state index is -0.388. The normalized spacial score (nSPS) is 17.4. The molecule has 2 amide bonds. The first kappa shape index (κ1) is 15.5. The van der Waals surface area contributed by atoms with Gasteiger partial charge in [-0.1, -0.05) is 29.3 Å². The first-order valence-corrected chi connectivity index (χ1v) is 7.70. The molecule has 0 saturated carbocycles. The number of hydrogen-bond donors (Lipinski definition) is 1. The molecule has 23 heavy (non-hydrogen) atoms. The molecule has 0 radical (unpaired) electrons. The first-order chi connectivity index (χ1) is 11.0. The topological polar surface area (TPSA) is 62.3 Å². The van der Waals surface area contributed by atoms with Gasteiger partial charge in [0.25, 0.3) is 0 Å². The van der Waals surface area contributed by atoms with Crippen molar-refractivity contribution in [3.8, 4) is 0 Å². The highest BCUT2D eigenvalue weighted by Crippen LogP contribution is 2.26. The van der Waals surface area contributed by atoms with Crippen LogP contribution in [0.15, 0.2) is 42.6 Å². The van der Waals surface area contributed by atoms with E-state index in [1.54, 1.807) is 17.0 Å². The van der Waals surface area contributed by atoms with Crippen molar-refractivity contribution in [3.05, 3.63) is 53.2 Å². The lowest BCUT2D eigenvalue weighted by molar-refractivity contribution is -0.122. The monoisotopic (exact) mass is 329 g/mol. The highest BCUT2D eigenvalue weighted by Gasteiger charge is 2.35. The third-order valence-corrected chi connectivity index (χ3v) is 4.04. The smallest absolute Gasteiger partial charge is 0.230 e. The minimum absolute atomic E-state index is 0.0435. The quantitative estimate of drug-likeness (QED) is 0.941. The van der Waals surface area contributed by atoms with Crippen LogP contribution < -0.4 is 10.2 Å². The predicted molar refractivity (Wildman–Crippen MR) is 89.5 cm³/mol. The maximum atomic E-state index is 12.3. The average molecular weight is 330 g/mol. The lowest BCUT2D eigenvalue weighted by Gasteiger charge is -2.16. The first-order valence-electron chi connectivity index (χ1n) is 7.32. The molecular weight excluding hydrogens is 314 g/mol. The fourth-order valence-corrected chi connectivity index (χ4v) is 2.65. The number of pyridine rings is 1. The van der Waals surface area contributed by atoms with Gasteiger partial charge in [0.1, 0.15) is 5.82 Å². The second kappa shape index (κ2) is 6.38. The Morgan fingerprint density at radius 1 is 1.26 bits per heavy atom. The molecule has 0 bridgehead atoms. The van der Waals surface area contributed by atoms with E-state index in [1.165, 1.54) is 6.20 Å². The second-order valence-electron chi connectivity index (χ2n) is 5.59. The number of nitrogens with zero attached hydrogens (tertiary/aromatic N) is 2. The van der Waals surface area contributed by atoms with Crippen molar-refractivity contribution in [2.75, 3.05) is 16.8 Å². The molecule has 1 aliphatic heterocycles. The lowest BCUT2D eigenvalue weighted by atomic mass is 10.1. The second-order valence-corrected chi connectivity index (χ2v) is 6.03. The molecule has 6 heteroatoms. The minimum Gasteiger partial charge on any atom is -0.312 e. The standard InChI is InChI=1S/C17H16ClN3O2/c1-11-2-5-14(6-3-11)21-10-12(8-16(21)22)17(23)20-15-7-4-13(18)9-19-15/h2-7,9,12H,8,10H2,1H3,(H,19,20,23)/t12-/m0/s1. The van der Waals surface area contributed by atoms with Crippen molar-refractivity contribution in [2.45, 2.75) is 13.3 Å². The molecule has 118 valence electrons. The molecule has 0 unspecified atom stereocenters. The van der Waals surface area contributed by atoms with Crippen molar-refractivity contribution in [1.29, 1.82) is 0 Å². The Kier molecular flexibility index (Phi) is 4.30. The number of hydrogen-bond acceptors (Lipinski definition) is 3. The molecule has 1 aliphatic rings. The number of rotatable bonds is 3. The molecule has 2 heterocycles. The molecule has 0 aliphatic carbocycles. The van der Waals surface area contributed by atoms with Crippen LogP contribution in [0.25, 0.3) is 0 Å². The maximum Gasteiger partial charge on any atom is 0.230 e. The third-order valence-electron chi connectivity index (χ3n) is 3.82. The summed E-state index contributed by atoms with van der Waals surface area (Å²) in [7, 11) is 0. The molecule has 0 spiro atoms. The summed E-state index contributed by atoms with van der Waals surface area (Å²) in [5.41, 5.74) is 1.95. The van der Waals surface area contributed by atoms with Gasteiger partial charge in [0, 0.05) is 24.8 Å². The van der Waals surface area contributed by atoms with Crippen molar-refractivity contribution < 1.29 is 9.59 Å². The van der Waals surface area contributed by atoms with Crippen LogP contribution in [0.3, 0.4) is 0 Å². The van der Waals surface area contributed by atoms with Gasteiger partial charge in [0.2, 0.25) is 11.8 Å². The summed E-state index contributed by atoms with van der Waals surface area (Å²) in [4.78, 5) is 30.2. The summed E-state index contributed by atoms with van der Waals surface area (Å²) in [5, 5.41) is 3.23. The van der Waals surface area contributed by atoms with E-state index in [0.717, 1.165) is 11.3 Å². The summed E-state index contributed by atoms with van der Waals surface area (Å²) >= 11 is 5.77. The van der Waals surface area contributed by atoms with Crippen LogP contribution in [0.1, 0.15) is 12.0 Å². The molecule has 1 fully saturated rings. The van der Waals surface area contributed by atoms with Gasteiger partial charge in [-0.15, -0.1) is 0 Å². The van der Waals surface area contributed by atoms with Gasteiger partial charge in [-0.3, -0.25) is 9.59 Å². The average Bonchev–Trinajstić information content (AvgIpc) is 2.92. The number of halogens is 1. The zero-order valence-electron chi connectivity index (χ0n) is 12.6. The Bertz CT molecular complexity index is 729. The summed E-state index contributed by atoms with van der Waals surface area (Å²) in [6, 6.07) is 11.0. The lowest BCUT2D eigenvalue weighted by Crippen LogP contribution is -2.28. The van der Waals surface area contributed by atoms with Crippen LogP contribution in [-0.2, 0) is 9.59 Å². The molecule has 3 rings (SSSR count). The number of aryl methyl sites for hydroxylation is 1. The third kappa shape index (κ3) is 3.51. The molecule has 2 aromatic rings. The Balaban J connectivity index is 1.68. The van der Waals surface area contributed by atoms with Gasteiger partial charge < -0.3 is 10.2 Å². The molecule has 1 aromatic carbocycles. The van der Waals surface area contributed by atoms with Gasteiger partial charge >= 0.3 is 0 Å². The van der Waals surface area contributed by atoms with Crippen LogP contribution in [0.4, 0.5) is 11.5 Å². The summed E-state index contributed by atoms with van der Waals surface area (Å²) in [5.74, 6) is -0.206. The fourth-order valence-electron chi connectivity index (χ4n) is 2.54. The number of benzene rings is 1. The van der Waals surface area contributed by atoms with E-state index in [2.05, 4.69) is 10.3 Å². The van der Waals surface area contributed by atoms with E-state index < -0.39 is 0 Å². The van der Waals surface area contributed by atoms with Crippen LogP contribution in [0, 0.1) is 12.8 Å². The molecule has 1 aromatic heterocycles. The summed E-state index contributed by atoms with van der Waals surface area (Å²) in [6.07, 6.45) is 1.67. The molecule has 1 atom stereocenters. The summed E-state index contributed by atoms with van der Waals surface area (Å²) in [6.45, 7) is 2.37. The largest absolute Gasteiger partial charge is 0.312 e. The Hall–Kier alpha value is -2.40. The number of aromatic nitrogens is 1. The van der Waals surface area contributed by atoms with E-state index in [-0.39, 0.29) is 24.2 Å². The van der Waals surface area contributed by atoms with Crippen LogP contribution in [-0.4, -0.2) is 23.3 Å². The Morgan fingerprint density at radius 3 is 2.65 bits per heavy atom. The number of anilines is 2.